The first kappa shape index (κ1) is 16.3. The Morgan fingerprint density at radius 1 is 1.08 bits per heavy atom. The van der Waals surface area contributed by atoms with Gasteiger partial charge in [-0.3, -0.25) is 9.59 Å². The van der Waals surface area contributed by atoms with Crippen LogP contribution in [0.4, 0.5) is 0 Å². The molecule has 24 heavy (non-hydrogen) atoms. The number of hydrogen-bond acceptors (Lipinski definition) is 4. The third-order valence-corrected chi connectivity index (χ3v) is 4.07. The predicted molar refractivity (Wildman–Crippen MR) is 87.1 cm³/mol. The van der Waals surface area contributed by atoms with Gasteiger partial charge in [0.05, 0.1) is 5.02 Å². The van der Waals surface area contributed by atoms with Crippen molar-refractivity contribution < 1.29 is 9.59 Å². The molecule has 1 fully saturated rings. The summed E-state index contributed by atoms with van der Waals surface area (Å²) >= 11 is 5.78. The molecule has 0 atom stereocenters. The number of H-pyrrole nitrogens is 2. The molecule has 9 heteroatoms. The monoisotopic (exact) mass is 349 g/mol. The standard InChI is InChI=1S/C15H16ClN5O3/c16-10-2-3-11(17-8-10)13(22)20-4-1-5-21(7-6-20)14(23)12-9-18-15(24)19-12/h2-3,8-9H,1,4-7H2,(H2,18,19,24). The van der Waals surface area contributed by atoms with Crippen molar-refractivity contribution in [3.63, 3.8) is 0 Å². The highest BCUT2D eigenvalue weighted by Gasteiger charge is 2.24. The summed E-state index contributed by atoms with van der Waals surface area (Å²) in [6, 6.07) is 3.21. The van der Waals surface area contributed by atoms with Gasteiger partial charge in [-0.25, -0.2) is 9.78 Å². The largest absolute Gasteiger partial charge is 0.335 e. The van der Waals surface area contributed by atoms with E-state index in [1.165, 1.54) is 12.4 Å². The summed E-state index contributed by atoms with van der Waals surface area (Å²) in [6.07, 6.45) is 3.44. The van der Waals surface area contributed by atoms with Gasteiger partial charge in [0.2, 0.25) is 0 Å². The molecule has 3 heterocycles. The van der Waals surface area contributed by atoms with E-state index in [2.05, 4.69) is 15.0 Å². The van der Waals surface area contributed by atoms with Gasteiger partial charge in [0.1, 0.15) is 11.4 Å². The number of carbonyl (C=O) groups excluding carboxylic acids is 2. The fourth-order valence-corrected chi connectivity index (χ4v) is 2.72. The molecule has 1 aliphatic heterocycles. The van der Waals surface area contributed by atoms with Crippen LogP contribution in [0.5, 0.6) is 0 Å². The number of amides is 2. The summed E-state index contributed by atoms with van der Waals surface area (Å²) < 4.78 is 0. The number of aromatic nitrogens is 3. The Morgan fingerprint density at radius 3 is 2.38 bits per heavy atom. The Balaban J connectivity index is 1.66. The van der Waals surface area contributed by atoms with E-state index < -0.39 is 5.69 Å². The van der Waals surface area contributed by atoms with Crippen molar-refractivity contribution in [1.29, 1.82) is 0 Å². The molecule has 1 saturated heterocycles. The molecule has 0 radical (unpaired) electrons. The number of rotatable bonds is 2. The number of pyridine rings is 1. The molecule has 0 unspecified atom stereocenters. The first-order chi connectivity index (χ1) is 11.5. The smallest absolute Gasteiger partial charge is 0.323 e. The summed E-state index contributed by atoms with van der Waals surface area (Å²) in [5.74, 6) is -0.441. The zero-order valence-corrected chi connectivity index (χ0v) is 13.5. The van der Waals surface area contributed by atoms with Crippen LogP contribution in [0.25, 0.3) is 0 Å². The van der Waals surface area contributed by atoms with Gasteiger partial charge >= 0.3 is 5.69 Å². The van der Waals surface area contributed by atoms with Crippen molar-refractivity contribution in [3.05, 3.63) is 51.4 Å². The molecule has 2 aromatic heterocycles. The van der Waals surface area contributed by atoms with Crippen LogP contribution in [0.15, 0.2) is 29.3 Å². The number of imidazole rings is 1. The number of hydrogen-bond donors (Lipinski definition) is 2. The van der Waals surface area contributed by atoms with Crippen LogP contribution in [-0.2, 0) is 0 Å². The van der Waals surface area contributed by atoms with Crippen molar-refractivity contribution in [3.8, 4) is 0 Å². The molecule has 0 bridgehead atoms. The Kier molecular flexibility index (Phi) is 4.66. The van der Waals surface area contributed by atoms with Crippen molar-refractivity contribution in [2.45, 2.75) is 6.42 Å². The summed E-state index contributed by atoms with van der Waals surface area (Å²) in [7, 11) is 0. The van der Waals surface area contributed by atoms with Gasteiger partial charge in [-0.05, 0) is 18.6 Å². The van der Waals surface area contributed by atoms with Gasteiger partial charge in [-0.2, -0.15) is 0 Å². The zero-order valence-electron chi connectivity index (χ0n) is 12.8. The quantitative estimate of drug-likeness (QED) is 0.834. The van der Waals surface area contributed by atoms with Gasteiger partial charge in [0, 0.05) is 38.6 Å². The second-order valence-corrected chi connectivity index (χ2v) is 5.89. The van der Waals surface area contributed by atoms with E-state index in [1.807, 2.05) is 0 Å². The summed E-state index contributed by atoms with van der Waals surface area (Å²) in [5.41, 5.74) is 0.132. The van der Waals surface area contributed by atoms with Crippen LogP contribution < -0.4 is 5.69 Å². The van der Waals surface area contributed by atoms with E-state index in [1.54, 1.807) is 21.9 Å². The third-order valence-electron chi connectivity index (χ3n) is 3.84. The molecular weight excluding hydrogens is 334 g/mol. The SMILES string of the molecule is O=C(c1ccc(Cl)cn1)N1CCCN(C(=O)c2c[nH]c(=O)[nH]2)CC1. The molecule has 0 saturated carbocycles. The fraction of sp³-hybridized carbons (Fsp3) is 0.333. The predicted octanol–water partition coefficient (Wildman–Crippen LogP) is 0.740. The molecule has 2 N–H and O–H groups in total. The molecule has 8 nitrogen and oxygen atoms in total. The van der Waals surface area contributed by atoms with Gasteiger partial charge in [0.15, 0.2) is 0 Å². The van der Waals surface area contributed by atoms with Crippen LogP contribution in [0.1, 0.15) is 27.4 Å². The Hall–Kier alpha value is -2.61. The minimum Gasteiger partial charge on any atom is -0.335 e. The molecule has 1 aliphatic rings. The van der Waals surface area contributed by atoms with Crippen LogP contribution in [0, 0.1) is 0 Å². The van der Waals surface area contributed by atoms with E-state index >= 15 is 0 Å². The van der Waals surface area contributed by atoms with E-state index in [-0.39, 0.29) is 17.5 Å². The average molecular weight is 350 g/mol. The van der Waals surface area contributed by atoms with Gasteiger partial charge in [-0.1, -0.05) is 11.6 Å². The number of carbonyl (C=O) groups is 2. The minimum absolute atomic E-state index is 0.184. The minimum atomic E-state index is -0.418. The molecule has 3 rings (SSSR count). The lowest BCUT2D eigenvalue weighted by Crippen LogP contribution is -2.37. The van der Waals surface area contributed by atoms with Crippen LogP contribution in [0.2, 0.25) is 5.02 Å². The maximum Gasteiger partial charge on any atom is 0.323 e. The second kappa shape index (κ2) is 6.88. The lowest BCUT2D eigenvalue weighted by atomic mass is 10.3. The van der Waals surface area contributed by atoms with Crippen LogP contribution >= 0.6 is 11.6 Å². The summed E-state index contributed by atoms with van der Waals surface area (Å²) in [4.78, 5) is 48.2. The van der Waals surface area contributed by atoms with E-state index in [0.29, 0.717) is 43.3 Å². The van der Waals surface area contributed by atoms with Gasteiger partial charge in [-0.15, -0.1) is 0 Å². The highest BCUT2D eigenvalue weighted by Crippen LogP contribution is 2.12. The van der Waals surface area contributed by atoms with Crippen molar-refractivity contribution in [2.75, 3.05) is 26.2 Å². The summed E-state index contributed by atoms with van der Waals surface area (Å²) in [6.45, 7) is 1.86. The third kappa shape index (κ3) is 3.48. The van der Waals surface area contributed by atoms with Crippen molar-refractivity contribution in [2.24, 2.45) is 0 Å². The first-order valence-electron chi connectivity index (χ1n) is 7.52. The topological polar surface area (TPSA) is 102 Å². The normalized spacial score (nSPS) is 15.2. The van der Waals surface area contributed by atoms with E-state index in [9.17, 15) is 14.4 Å². The highest BCUT2D eigenvalue weighted by molar-refractivity contribution is 6.30. The average Bonchev–Trinajstić information content (AvgIpc) is 2.87. The molecular formula is C15H16ClN5O3. The summed E-state index contributed by atoms with van der Waals surface area (Å²) in [5, 5.41) is 0.472. The number of halogens is 1. The molecule has 0 spiro atoms. The number of nitrogens with one attached hydrogen (secondary N) is 2. The Labute approximate surface area is 142 Å². The Bertz CT molecular complexity index is 798. The van der Waals surface area contributed by atoms with E-state index in [4.69, 9.17) is 11.6 Å². The lowest BCUT2D eigenvalue weighted by Gasteiger charge is -2.21. The molecule has 0 aromatic carbocycles. The maximum atomic E-state index is 12.5. The molecule has 126 valence electrons. The van der Waals surface area contributed by atoms with Crippen LogP contribution in [-0.4, -0.2) is 62.7 Å². The molecule has 2 aromatic rings. The molecule has 2 amide bonds. The van der Waals surface area contributed by atoms with Crippen molar-refractivity contribution >= 4 is 23.4 Å². The zero-order chi connectivity index (χ0) is 17.1. The van der Waals surface area contributed by atoms with Gasteiger partial charge < -0.3 is 19.8 Å². The number of nitrogens with zero attached hydrogens (tertiary/aromatic N) is 3. The Morgan fingerprint density at radius 2 is 1.79 bits per heavy atom. The fourth-order valence-electron chi connectivity index (χ4n) is 2.61. The van der Waals surface area contributed by atoms with Gasteiger partial charge in [0.25, 0.3) is 11.8 Å². The van der Waals surface area contributed by atoms with E-state index in [0.717, 1.165) is 0 Å². The highest BCUT2D eigenvalue weighted by atomic mass is 35.5. The van der Waals surface area contributed by atoms with Crippen molar-refractivity contribution in [1.82, 2.24) is 24.8 Å². The van der Waals surface area contributed by atoms with Crippen LogP contribution in [0.3, 0.4) is 0 Å². The molecule has 0 aliphatic carbocycles. The lowest BCUT2D eigenvalue weighted by molar-refractivity contribution is 0.0713. The first-order valence-corrected chi connectivity index (χ1v) is 7.90. The second-order valence-electron chi connectivity index (χ2n) is 5.46. The number of aromatic amines is 2. The maximum absolute atomic E-state index is 12.5.